The van der Waals surface area contributed by atoms with Crippen molar-refractivity contribution in [3.05, 3.63) is 28.3 Å². The summed E-state index contributed by atoms with van der Waals surface area (Å²) in [5, 5.41) is 19.1. The van der Waals surface area contributed by atoms with Crippen LogP contribution in [0.5, 0.6) is 5.75 Å². The van der Waals surface area contributed by atoms with Crippen molar-refractivity contribution in [3.63, 3.8) is 0 Å². The Labute approximate surface area is 118 Å². The monoisotopic (exact) mass is 286 g/mol. The first-order chi connectivity index (χ1) is 8.65. The molecular formula is C14H19ClO4. The smallest absolute Gasteiger partial charge is 0.339 e. The maximum atomic E-state index is 10.8. The summed E-state index contributed by atoms with van der Waals surface area (Å²) in [7, 11) is 0. The predicted molar refractivity (Wildman–Crippen MR) is 74.0 cm³/mol. The largest absolute Gasteiger partial charge is 0.490 e. The van der Waals surface area contributed by atoms with Crippen molar-refractivity contribution in [2.45, 2.75) is 39.2 Å². The fourth-order valence-corrected chi connectivity index (χ4v) is 1.98. The third-order valence-electron chi connectivity index (χ3n) is 2.89. The van der Waals surface area contributed by atoms with Crippen molar-refractivity contribution >= 4 is 17.6 Å². The van der Waals surface area contributed by atoms with Crippen molar-refractivity contribution in [3.8, 4) is 5.75 Å². The zero-order valence-electron chi connectivity index (χ0n) is 11.5. The number of carboxylic acid groups (broad SMARTS) is 1. The van der Waals surface area contributed by atoms with Gasteiger partial charge in [-0.05, 0) is 43.0 Å². The van der Waals surface area contributed by atoms with E-state index in [9.17, 15) is 9.90 Å². The second kappa shape index (κ2) is 5.80. The van der Waals surface area contributed by atoms with E-state index >= 15 is 0 Å². The number of rotatable bonds is 5. The van der Waals surface area contributed by atoms with E-state index < -0.39 is 11.6 Å². The lowest BCUT2D eigenvalue weighted by atomic mass is 10.0. The van der Waals surface area contributed by atoms with E-state index in [-0.39, 0.29) is 12.5 Å². The van der Waals surface area contributed by atoms with Gasteiger partial charge in [-0.15, -0.1) is 0 Å². The van der Waals surface area contributed by atoms with Gasteiger partial charge in [-0.2, -0.15) is 0 Å². The van der Waals surface area contributed by atoms with Crippen LogP contribution in [0.25, 0.3) is 0 Å². The van der Waals surface area contributed by atoms with Crippen LogP contribution in [0.3, 0.4) is 0 Å². The average Bonchev–Trinajstić information content (AvgIpc) is 2.27. The number of aliphatic carboxylic acids is 1. The van der Waals surface area contributed by atoms with Gasteiger partial charge in [0.1, 0.15) is 12.4 Å². The first-order valence-electron chi connectivity index (χ1n) is 6.03. The van der Waals surface area contributed by atoms with Gasteiger partial charge in [0.2, 0.25) is 0 Å². The van der Waals surface area contributed by atoms with Gasteiger partial charge in [-0.1, -0.05) is 25.4 Å². The summed E-state index contributed by atoms with van der Waals surface area (Å²) in [6, 6.07) is 3.57. The van der Waals surface area contributed by atoms with Gasteiger partial charge >= 0.3 is 5.97 Å². The summed E-state index contributed by atoms with van der Waals surface area (Å²) in [6.07, 6.45) is 0. The zero-order valence-corrected chi connectivity index (χ0v) is 12.3. The number of aliphatic hydroxyl groups is 1. The molecule has 1 aromatic carbocycles. The molecule has 0 amide bonds. The molecule has 0 fully saturated rings. The number of hydrogen-bond donors (Lipinski definition) is 2. The van der Waals surface area contributed by atoms with Crippen LogP contribution in [-0.2, 0) is 4.79 Å². The average molecular weight is 287 g/mol. The van der Waals surface area contributed by atoms with Crippen LogP contribution in [0.2, 0.25) is 5.02 Å². The molecule has 0 aliphatic heterocycles. The predicted octanol–water partition coefficient (Wildman–Crippen LogP) is 2.99. The molecule has 0 spiro atoms. The lowest BCUT2D eigenvalue weighted by molar-refractivity contribution is -0.159. The van der Waals surface area contributed by atoms with E-state index in [4.69, 9.17) is 21.4 Å². The first-order valence-corrected chi connectivity index (χ1v) is 6.41. The molecule has 0 saturated heterocycles. The number of carbonyl (C=O) groups is 1. The molecule has 0 heterocycles. The first kappa shape index (κ1) is 15.8. The Balaban J connectivity index is 2.96. The SMILES string of the molecule is Cc1cc(Cl)c(C(C)C)cc1OCC(C)(O)C(=O)O. The third kappa shape index (κ3) is 3.85. The molecule has 4 nitrogen and oxygen atoms in total. The summed E-state index contributed by atoms with van der Waals surface area (Å²) in [5.74, 6) is -0.548. The highest BCUT2D eigenvalue weighted by Gasteiger charge is 2.31. The minimum atomic E-state index is -1.91. The zero-order chi connectivity index (χ0) is 14.8. The number of aryl methyl sites for hydroxylation is 1. The molecule has 1 aromatic rings. The van der Waals surface area contributed by atoms with Gasteiger partial charge in [0.05, 0.1) is 0 Å². The summed E-state index contributed by atoms with van der Waals surface area (Å²) < 4.78 is 5.42. The Kier molecular flexibility index (Phi) is 4.82. The molecule has 1 rings (SSSR count). The van der Waals surface area contributed by atoms with Crippen molar-refractivity contribution in [1.82, 2.24) is 0 Å². The van der Waals surface area contributed by atoms with E-state index in [1.54, 1.807) is 12.1 Å². The number of ether oxygens (including phenoxy) is 1. The lowest BCUT2D eigenvalue weighted by Gasteiger charge is -2.20. The number of hydrogen-bond acceptors (Lipinski definition) is 3. The molecule has 19 heavy (non-hydrogen) atoms. The highest BCUT2D eigenvalue weighted by Crippen LogP contribution is 2.31. The van der Waals surface area contributed by atoms with Crippen LogP contribution in [0, 0.1) is 6.92 Å². The molecule has 0 bridgehead atoms. The quantitative estimate of drug-likeness (QED) is 0.873. The van der Waals surface area contributed by atoms with E-state index in [0.717, 1.165) is 11.1 Å². The minimum absolute atomic E-state index is 0.232. The molecule has 0 aliphatic carbocycles. The Hall–Kier alpha value is -1.26. The van der Waals surface area contributed by atoms with E-state index in [1.807, 2.05) is 20.8 Å². The van der Waals surface area contributed by atoms with E-state index in [1.165, 1.54) is 6.92 Å². The van der Waals surface area contributed by atoms with Crippen LogP contribution in [-0.4, -0.2) is 28.4 Å². The van der Waals surface area contributed by atoms with Crippen LogP contribution in [0.1, 0.15) is 37.8 Å². The van der Waals surface area contributed by atoms with E-state index in [2.05, 4.69) is 0 Å². The van der Waals surface area contributed by atoms with Gasteiger partial charge < -0.3 is 14.9 Å². The maximum Gasteiger partial charge on any atom is 0.339 e. The minimum Gasteiger partial charge on any atom is -0.490 e. The standard InChI is InChI=1S/C14H19ClO4/c1-8(2)10-6-12(9(3)5-11(10)15)19-7-14(4,18)13(16)17/h5-6,8,18H,7H2,1-4H3,(H,16,17). The molecule has 1 unspecified atom stereocenters. The second-order valence-electron chi connectivity index (χ2n) is 5.16. The fraction of sp³-hybridized carbons (Fsp3) is 0.500. The fourth-order valence-electron chi connectivity index (χ4n) is 1.55. The third-order valence-corrected chi connectivity index (χ3v) is 3.21. The Morgan fingerprint density at radius 1 is 1.47 bits per heavy atom. The van der Waals surface area contributed by atoms with Gasteiger partial charge in [0.15, 0.2) is 5.60 Å². The topological polar surface area (TPSA) is 66.8 Å². The highest BCUT2D eigenvalue weighted by atomic mass is 35.5. The number of halogens is 1. The van der Waals surface area contributed by atoms with Crippen molar-refractivity contribution in [1.29, 1.82) is 0 Å². The summed E-state index contributed by atoms with van der Waals surface area (Å²) in [6.45, 7) is 6.72. The van der Waals surface area contributed by atoms with Crippen LogP contribution >= 0.6 is 11.6 Å². The van der Waals surface area contributed by atoms with Crippen LogP contribution < -0.4 is 4.74 Å². The second-order valence-corrected chi connectivity index (χ2v) is 5.57. The van der Waals surface area contributed by atoms with Crippen molar-refractivity contribution in [2.24, 2.45) is 0 Å². The molecule has 0 saturated carbocycles. The molecule has 0 aromatic heterocycles. The molecule has 0 radical (unpaired) electrons. The lowest BCUT2D eigenvalue weighted by Crippen LogP contribution is -2.41. The maximum absolute atomic E-state index is 10.8. The summed E-state index contributed by atoms with van der Waals surface area (Å²) in [5.41, 5.74) is -0.183. The van der Waals surface area contributed by atoms with Crippen molar-refractivity contribution < 1.29 is 19.7 Å². The molecule has 1 atom stereocenters. The number of benzene rings is 1. The Bertz CT molecular complexity index is 481. The molecule has 0 aliphatic rings. The number of carboxylic acids is 1. The molecule has 5 heteroatoms. The highest BCUT2D eigenvalue weighted by molar-refractivity contribution is 6.31. The van der Waals surface area contributed by atoms with E-state index in [0.29, 0.717) is 10.8 Å². The molecule has 106 valence electrons. The Morgan fingerprint density at radius 3 is 2.53 bits per heavy atom. The molecular weight excluding hydrogens is 268 g/mol. The summed E-state index contributed by atoms with van der Waals surface area (Å²) in [4.78, 5) is 10.8. The van der Waals surface area contributed by atoms with Crippen LogP contribution in [0.4, 0.5) is 0 Å². The van der Waals surface area contributed by atoms with Crippen molar-refractivity contribution in [2.75, 3.05) is 6.61 Å². The Morgan fingerprint density at radius 2 is 2.05 bits per heavy atom. The van der Waals surface area contributed by atoms with Gasteiger partial charge in [0.25, 0.3) is 0 Å². The van der Waals surface area contributed by atoms with Gasteiger partial charge in [-0.3, -0.25) is 0 Å². The normalized spacial score (nSPS) is 14.3. The molecule has 2 N–H and O–H groups in total. The van der Waals surface area contributed by atoms with Gasteiger partial charge in [0, 0.05) is 5.02 Å². The summed E-state index contributed by atoms with van der Waals surface area (Å²) >= 11 is 6.14. The van der Waals surface area contributed by atoms with Gasteiger partial charge in [-0.25, -0.2) is 4.79 Å². The van der Waals surface area contributed by atoms with Crippen LogP contribution in [0.15, 0.2) is 12.1 Å².